The second-order valence-electron chi connectivity index (χ2n) is 13.4. The van der Waals surface area contributed by atoms with Crippen LogP contribution in [0.4, 0.5) is 0 Å². The molecule has 8 nitrogen and oxygen atoms in total. The Bertz CT molecular complexity index is 928. The van der Waals surface area contributed by atoms with Gasteiger partial charge in [-0.3, -0.25) is 14.4 Å². The van der Waals surface area contributed by atoms with E-state index in [0.717, 1.165) is 31.6 Å². The third kappa shape index (κ3) is 7.67. The first-order valence-corrected chi connectivity index (χ1v) is 15.1. The zero-order valence-corrected chi connectivity index (χ0v) is 26.0. The first-order chi connectivity index (χ1) is 18.7. The van der Waals surface area contributed by atoms with Crippen LogP contribution in [0.3, 0.4) is 0 Å². The molecule has 9 atom stereocenters. The molecule has 8 heteroatoms. The molecule has 1 unspecified atom stereocenters. The van der Waals surface area contributed by atoms with E-state index in [1.807, 2.05) is 0 Å². The Morgan fingerprint density at radius 2 is 1.55 bits per heavy atom. The molecule has 0 radical (unpaired) electrons. The number of ether oxygens (including phenoxy) is 5. The van der Waals surface area contributed by atoms with Gasteiger partial charge in [0.15, 0.2) is 24.6 Å². The molecular formula is C32H52O8. The van der Waals surface area contributed by atoms with Crippen LogP contribution in [-0.2, 0) is 38.1 Å². The van der Waals surface area contributed by atoms with Crippen LogP contribution in [0.15, 0.2) is 12.2 Å². The van der Waals surface area contributed by atoms with Gasteiger partial charge in [0, 0.05) is 20.8 Å². The van der Waals surface area contributed by atoms with Crippen molar-refractivity contribution in [3.8, 4) is 0 Å². The summed E-state index contributed by atoms with van der Waals surface area (Å²) in [5.74, 6) is 0.00140. The second-order valence-corrected chi connectivity index (χ2v) is 13.4. The summed E-state index contributed by atoms with van der Waals surface area (Å²) >= 11 is 0. The summed E-state index contributed by atoms with van der Waals surface area (Å²) < 4.78 is 28.4. The van der Waals surface area contributed by atoms with E-state index in [0.29, 0.717) is 29.3 Å². The largest absolute Gasteiger partial charge is 0.456 e. The Morgan fingerprint density at radius 3 is 2.17 bits per heavy atom. The average Bonchev–Trinajstić information content (AvgIpc) is 2.81. The number of rotatable bonds is 10. The van der Waals surface area contributed by atoms with Crippen molar-refractivity contribution in [1.29, 1.82) is 0 Å². The van der Waals surface area contributed by atoms with Gasteiger partial charge < -0.3 is 23.7 Å². The number of fused-ring (bicyclic) bond motifs is 1. The third-order valence-electron chi connectivity index (χ3n) is 9.79. The Hall–Kier alpha value is -1.93. The first-order valence-electron chi connectivity index (χ1n) is 15.1. The van der Waals surface area contributed by atoms with Gasteiger partial charge in [-0.25, -0.2) is 0 Å². The summed E-state index contributed by atoms with van der Waals surface area (Å²) in [7, 11) is 0. The molecule has 0 aromatic rings. The summed E-state index contributed by atoms with van der Waals surface area (Å²) in [5, 5.41) is 0. The van der Waals surface area contributed by atoms with Crippen molar-refractivity contribution in [2.75, 3.05) is 6.61 Å². The van der Waals surface area contributed by atoms with E-state index in [9.17, 15) is 14.4 Å². The number of carbonyl (C=O) groups is 3. The van der Waals surface area contributed by atoms with Crippen LogP contribution in [0, 0.1) is 28.6 Å². The van der Waals surface area contributed by atoms with Crippen LogP contribution < -0.4 is 0 Å². The van der Waals surface area contributed by atoms with Gasteiger partial charge in [-0.2, -0.15) is 0 Å². The maximum absolute atomic E-state index is 11.9. The highest BCUT2D eigenvalue weighted by Crippen LogP contribution is 2.61. The Morgan fingerprint density at radius 1 is 0.950 bits per heavy atom. The third-order valence-corrected chi connectivity index (χ3v) is 9.79. The maximum Gasteiger partial charge on any atom is 0.303 e. The predicted octanol–water partition coefficient (Wildman–Crippen LogP) is 6.15. The lowest BCUT2D eigenvalue weighted by Crippen LogP contribution is -2.61. The van der Waals surface area contributed by atoms with Gasteiger partial charge in [-0.15, -0.1) is 0 Å². The topological polar surface area (TPSA) is 97.4 Å². The summed E-state index contributed by atoms with van der Waals surface area (Å²) in [4.78, 5) is 35.5. The van der Waals surface area contributed by atoms with E-state index in [-0.39, 0.29) is 0 Å². The SMILES string of the molecule is C=C1CCC2C(C)(C)CCC[C@@]2(C)[C@@H]1CC[C@H](C)CCO[C@@H]1O[C@@H](C)[C@H](OC(C)=O)[C@@H](OC(C)=O)[C@H]1OC(C)=O. The minimum absolute atomic E-state index is 0.320. The van der Waals surface area contributed by atoms with Crippen LogP contribution in [0.2, 0.25) is 0 Å². The van der Waals surface area contributed by atoms with Crippen molar-refractivity contribution < 1.29 is 38.1 Å². The van der Waals surface area contributed by atoms with Crippen LogP contribution in [-0.4, -0.2) is 55.2 Å². The van der Waals surface area contributed by atoms with E-state index in [2.05, 4.69) is 34.3 Å². The molecular weight excluding hydrogens is 512 g/mol. The van der Waals surface area contributed by atoms with E-state index >= 15 is 0 Å². The lowest BCUT2D eigenvalue weighted by molar-refractivity contribution is -0.301. The standard InChI is InChI=1S/C32H52O8/c1-19(11-13-25-20(2)12-14-26-31(7,8)16-10-17-32(25,26)9)15-18-36-30-29(40-24(6)35)28(39-23(5)34)27(21(3)37-30)38-22(4)33/h19,21,25-30H,2,10-18H2,1,3-9H3/t19-,21-,25+,26?,27-,28+,29+,30+,32-/m0/s1. The van der Waals surface area contributed by atoms with Gasteiger partial charge >= 0.3 is 17.9 Å². The summed E-state index contributed by atoms with van der Waals surface area (Å²) in [6, 6.07) is 0. The van der Waals surface area contributed by atoms with Crippen molar-refractivity contribution in [2.24, 2.45) is 28.6 Å². The van der Waals surface area contributed by atoms with Gasteiger partial charge in [0.25, 0.3) is 0 Å². The minimum Gasteiger partial charge on any atom is -0.456 e. The molecule has 0 N–H and O–H groups in total. The molecule has 228 valence electrons. The van der Waals surface area contributed by atoms with Crippen molar-refractivity contribution in [3.63, 3.8) is 0 Å². The molecule has 0 aromatic heterocycles. The summed E-state index contributed by atoms with van der Waals surface area (Å²) in [5.41, 5.74) is 2.13. The Kier molecular flexibility index (Phi) is 10.9. The molecule has 0 aromatic carbocycles. The number of allylic oxidation sites excluding steroid dienone is 1. The van der Waals surface area contributed by atoms with Gasteiger partial charge in [0.05, 0.1) is 12.7 Å². The molecule has 0 spiro atoms. The van der Waals surface area contributed by atoms with Crippen LogP contribution in [0.25, 0.3) is 0 Å². The van der Waals surface area contributed by atoms with Crippen molar-refractivity contribution in [1.82, 2.24) is 0 Å². The molecule has 3 aliphatic rings. The van der Waals surface area contributed by atoms with Gasteiger partial charge in [-0.1, -0.05) is 52.7 Å². The van der Waals surface area contributed by atoms with E-state index in [1.54, 1.807) is 6.92 Å². The summed E-state index contributed by atoms with van der Waals surface area (Å²) in [6.45, 7) is 20.1. The van der Waals surface area contributed by atoms with Crippen molar-refractivity contribution in [2.45, 2.75) is 137 Å². The molecule has 3 fully saturated rings. The molecule has 1 aliphatic heterocycles. The molecule has 0 amide bonds. The zero-order valence-electron chi connectivity index (χ0n) is 26.0. The summed E-state index contributed by atoms with van der Waals surface area (Å²) in [6.07, 6.45) is 4.70. The van der Waals surface area contributed by atoms with Crippen LogP contribution >= 0.6 is 0 Å². The van der Waals surface area contributed by atoms with Gasteiger partial charge in [0.1, 0.15) is 0 Å². The van der Waals surface area contributed by atoms with Gasteiger partial charge in [0.2, 0.25) is 0 Å². The lowest BCUT2D eigenvalue weighted by atomic mass is 9.47. The molecule has 2 aliphatic carbocycles. The number of hydrogen-bond donors (Lipinski definition) is 0. The zero-order chi connectivity index (χ0) is 29.8. The predicted molar refractivity (Wildman–Crippen MR) is 151 cm³/mol. The number of esters is 3. The highest BCUT2D eigenvalue weighted by molar-refractivity contribution is 5.68. The van der Waals surface area contributed by atoms with Crippen LogP contribution in [0.1, 0.15) is 107 Å². The molecule has 2 saturated carbocycles. The molecule has 3 rings (SSSR count). The van der Waals surface area contributed by atoms with Crippen LogP contribution in [0.5, 0.6) is 0 Å². The molecule has 0 bridgehead atoms. The number of carbonyl (C=O) groups excluding carboxylic acids is 3. The molecule has 40 heavy (non-hydrogen) atoms. The highest BCUT2D eigenvalue weighted by Gasteiger charge is 2.53. The average molecular weight is 565 g/mol. The van der Waals surface area contributed by atoms with E-state index < -0.39 is 48.6 Å². The molecule has 1 saturated heterocycles. The van der Waals surface area contributed by atoms with Crippen molar-refractivity contribution in [3.05, 3.63) is 12.2 Å². The Labute approximate surface area is 240 Å². The molecule has 1 heterocycles. The quantitative estimate of drug-likeness (QED) is 0.177. The van der Waals surface area contributed by atoms with Gasteiger partial charge in [-0.05, 0) is 74.0 Å². The fourth-order valence-electron chi connectivity index (χ4n) is 7.89. The lowest BCUT2D eigenvalue weighted by Gasteiger charge is -2.58. The number of hydrogen-bond acceptors (Lipinski definition) is 8. The maximum atomic E-state index is 11.9. The minimum atomic E-state index is -1.06. The van der Waals surface area contributed by atoms with Crippen molar-refractivity contribution >= 4 is 17.9 Å². The van der Waals surface area contributed by atoms with E-state index in [1.165, 1.54) is 52.0 Å². The van der Waals surface area contributed by atoms with E-state index in [4.69, 9.17) is 23.7 Å². The smallest absolute Gasteiger partial charge is 0.303 e. The normalized spacial score (nSPS) is 36.2. The fourth-order valence-corrected chi connectivity index (χ4v) is 7.89. The monoisotopic (exact) mass is 564 g/mol. The highest BCUT2D eigenvalue weighted by atomic mass is 16.7. The first kappa shape index (κ1) is 32.6. The Balaban J connectivity index is 1.60. The fraction of sp³-hybridized carbons (Fsp3) is 0.844. The second kappa shape index (κ2) is 13.4.